The SMILES string of the molecule is CCCC[N+](CCCC)(CCCC)CCCC.CCOCCCCS(=O)(=O)O. The third-order valence-corrected chi connectivity index (χ3v) is 5.89. The Bertz CT molecular complexity index is 375. The Balaban J connectivity index is 0. The van der Waals surface area contributed by atoms with Crippen molar-refractivity contribution in [1.82, 2.24) is 0 Å². The number of ether oxygens (including phenoxy) is 1. The van der Waals surface area contributed by atoms with Crippen LogP contribution in [-0.4, -0.2) is 62.6 Å². The van der Waals surface area contributed by atoms with Gasteiger partial charge in [0.25, 0.3) is 10.1 Å². The zero-order valence-electron chi connectivity index (χ0n) is 19.5. The fraction of sp³-hybridized carbons (Fsp3) is 1.00. The lowest BCUT2D eigenvalue weighted by Crippen LogP contribution is -2.50. The van der Waals surface area contributed by atoms with Crippen molar-refractivity contribution in [2.45, 2.75) is 98.8 Å². The maximum atomic E-state index is 10.2. The van der Waals surface area contributed by atoms with Crippen LogP contribution in [-0.2, 0) is 14.9 Å². The highest BCUT2D eigenvalue weighted by Crippen LogP contribution is 2.16. The summed E-state index contributed by atoms with van der Waals surface area (Å²) in [6.07, 6.45) is 12.2. The standard InChI is InChI=1S/C16H36N.C6H14O4S/c1-5-9-13-17(14-10-6-2,15-11-7-3)16-12-8-4;1-2-10-5-3-4-6-11(7,8)9/h5-16H2,1-4H3;2-6H2,1H3,(H,7,8,9)/q+1;. The van der Waals surface area contributed by atoms with Crippen molar-refractivity contribution in [3.63, 3.8) is 0 Å². The van der Waals surface area contributed by atoms with Crippen LogP contribution < -0.4 is 0 Å². The lowest BCUT2D eigenvalue weighted by atomic mass is 10.1. The Morgan fingerprint density at radius 1 is 0.679 bits per heavy atom. The molecule has 0 saturated heterocycles. The van der Waals surface area contributed by atoms with Gasteiger partial charge < -0.3 is 9.22 Å². The average Bonchev–Trinajstić information content (AvgIpc) is 2.66. The van der Waals surface area contributed by atoms with Crippen LogP contribution in [0.2, 0.25) is 0 Å². The third-order valence-electron chi connectivity index (χ3n) is 5.09. The van der Waals surface area contributed by atoms with Crippen molar-refractivity contribution in [3.05, 3.63) is 0 Å². The molecule has 0 unspecified atom stereocenters. The highest BCUT2D eigenvalue weighted by Gasteiger charge is 2.24. The lowest BCUT2D eigenvalue weighted by Gasteiger charge is -2.39. The van der Waals surface area contributed by atoms with Crippen molar-refractivity contribution in [3.8, 4) is 0 Å². The van der Waals surface area contributed by atoms with Crippen LogP contribution in [0.15, 0.2) is 0 Å². The van der Waals surface area contributed by atoms with Gasteiger partial charge in [0.2, 0.25) is 0 Å². The second-order valence-electron chi connectivity index (χ2n) is 7.84. The van der Waals surface area contributed by atoms with Crippen LogP contribution >= 0.6 is 0 Å². The van der Waals surface area contributed by atoms with E-state index in [0.29, 0.717) is 26.1 Å². The van der Waals surface area contributed by atoms with Crippen molar-refractivity contribution >= 4 is 10.1 Å². The van der Waals surface area contributed by atoms with Gasteiger partial charge in [-0.15, -0.1) is 0 Å². The molecule has 28 heavy (non-hydrogen) atoms. The monoisotopic (exact) mass is 424 g/mol. The molecule has 0 saturated carbocycles. The molecule has 0 bridgehead atoms. The first kappa shape index (κ1) is 30.0. The van der Waals surface area contributed by atoms with E-state index < -0.39 is 10.1 Å². The van der Waals surface area contributed by atoms with Crippen molar-refractivity contribution in [2.24, 2.45) is 0 Å². The molecule has 0 atom stereocenters. The van der Waals surface area contributed by atoms with E-state index in [4.69, 9.17) is 9.29 Å². The van der Waals surface area contributed by atoms with Crippen LogP contribution in [0.5, 0.6) is 0 Å². The molecule has 0 spiro atoms. The molecule has 0 aliphatic rings. The maximum absolute atomic E-state index is 10.2. The molecule has 5 nitrogen and oxygen atoms in total. The normalized spacial score (nSPS) is 11.9. The summed E-state index contributed by atoms with van der Waals surface area (Å²) in [7, 11) is -3.77. The molecule has 172 valence electrons. The first-order chi connectivity index (χ1) is 13.3. The molecule has 0 aliphatic heterocycles. The summed E-state index contributed by atoms with van der Waals surface area (Å²) in [5.74, 6) is -0.167. The average molecular weight is 425 g/mol. The molecule has 0 amide bonds. The molecule has 0 aromatic heterocycles. The van der Waals surface area contributed by atoms with E-state index >= 15 is 0 Å². The first-order valence-electron chi connectivity index (χ1n) is 11.7. The Hall–Kier alpha value is -0.170. The first-order valence-corrected chi connectivity index (χ1v) is 13.3. The van der Waals surface area contributed by atoms with E-state index in [1.807, 2.05) is 6.92 Å². The fourth-order valence-corrected chi connectivity index (χ4v) is 3.85. The van der Waals surface area contributed by atoms with E-state index in [-0.39, 0.29) is 5.75 Å². The van der Waals surface area contributed by atoms with Crippen LogP contribution in [0.25, 0.3) is 0 Å². The summed E-state index contributed by atoms with van der Waals surface area (Å²) in [6, 6.07) is 0. The van der Waals surface area contributed by atoms with Gasteiger partial charge in [-0.25, -0.2) is 0 Å². The minimum atomic E-state index is -3.77. The molecule has 0 aromatic rings. The van der Waals surface area contributed by atoms with Crippen molar-refractivity contribution < 1.29 is 22.2 Å². The van der Waals surface area contributed by atoms with E-state index in [1.54, 1.807) is 0 Å². The smallest absolute Gasteiger partial charge is 0.264 e. The summed E-state index contributed by atoms with van der Waals surface area (Å²) in [4.78, 5) is 0. The molecule has 0 fully saturated rings. The van der Waals surface area contributed by atoms with E-state index in [9.17, 15) is 8.42 Å². The highest BCUT2D eigenvalue weighted by atomic mass is 32.2. The van der Waals surface area contributed by atoms with Gasteiger partial charge in [-0.1, -0.05) is 53.4 Å². The van der Waals surface area contributed by atoms with Crippen LogP contribution in [0.3, 0.4) is 0 Å². The van der Waals surface area contributed by atoms with Gasteiger partial charge in [-0.3, -0.25) is 4.55 Å². The maximum Gasteiger partial charge on any atom is 0.264 e. The summed E-state index contributed by atoms with van der Waals surface area (Å²) < 4.78 is 35.1. The molecule has 0 rings (SSSR count). The molecular formula is C22H50NO4S+. The molecule has 1 N–H and O–H groups in total. The van der Waals surface area contributed by atoms with Gasteiger partial charge in [0, 0.05) is 13.2 Å². The fourth-order valence-electron chi connectivity index (χ4n) is 3.28. The van der Waals surface area contributed by atoms with Gasteiger partial charge in [0.05, 0.1) is 31.9 Å². The topological polar surface area (TPSA) is 63.6 Å². The van der Waals surface area contributed by atoms with Crippen LogP contribution in [0.1, 0.15) is 98.8 Å². The van der Waals surface area contributed by atoms with Crippen molar-refractivity contribution in [1.29, 1.82) is 0 Å². The summed E-state index contributed by atoms with van der Waals surface area (Å²) in [5.41, 5.74) is 0. The number of rotatable bonds is 18. The number of hydrogen-bond acceptors (Lipinski definition) is 3. The molecule has 0 aliphatic carbocycles. The molecule has 6 heteroatoms. The van der Waals surface area contributed by atoms with E-state index in [1.165, 1.54) is 82.0 Å². The van der Waals surface area contributed by atoms with E-state index in [2.05, 4.69) is 27.7 Å². The van der Waals surface area contributed by atoms with Crippen LogP contribution in [0, 0.1) is 0 Å². The minimum Gasteiger partial charge on any atom is -0.382 e. The molecule has 0 aromatic carbocycles. The summed E-state index contributed by atoms with van der Waals surface area (Å²) in [5, 5.41) is 0. The van der Waals surface area contributed by atoms with Gasteiger partial charge >= 0.3 is 0 Å². The predicted octanol–water partition coefficient (Wildman–Crippen LogP) is 5.69. The third kappa shape index (κ3) is 20.6. The number of quaternary nitrogens is 1. The summed E-state index contributed by atoms with van der Waals surface area (Å²) in [6.45, 7) is 18.1. The van der Waals surface area contributed by atoms with Gasteiger partial charge in [-0.05, 0) is 45.4 Å². The van der Waals surface area contributed by atoms with Gasteiger partial charge in [0.15, 0.2) is 0 Å². The molecule has 0 radical (unpaired) electrons. The minimum absolute atomic E-state index is 0.167. The van der Waals surface area contributed by atoms with Gasteiger partial charge in [0.1, 0.15) is 0 Å². The number of unbranched alkanes of at least 4 members (excludes halogenated alkanes) is 5. The molecule has 0 heterocycles. The second kappa shape index (κ2) is 20.1. The second-order valence-corrected chi connectivity index (χ2v) is 9.41. The van der Waals surface area contributed by atoms with Crippen molar-refractivity contribution in [2.75, 3.05) is 45.1 Å². The Kier molecular flexibility index (Phi) is 21.6. The quantitative estimate of drug-likeness (QED) is 0.174. The lowest BCUT2D eigenvalue weighted by molar-refractivity contribution is -0.929. The zero-order valence-corrected chi connectivity index (χ0v) is 20.4. The largest absolute Gasteiger partial charge is 0.382 e. The predicted molar refractivity (Wildman–Crippen MR) is 122 cm³/mol. The highest BCUT2D eigenvalue weighted by molar-refractivity contribution is 7.85. The van der Waals surface area contributed by atoms with Gasteiger partial charge in [-0.2, -0.15) is 8.42 Å². The summed E-state index contributed by atoms with van der Waals surface area (Å²) >= 11 is 0. The Morgan fingerprint density at radius 3 is 1.36 bits per heavy atom. The Morgan fingerprint density at radius 2 is 1.07 bits per heavy atom. The molecular weight excluding hydrogens is 374 g/mol. The van der Waals surface area contributed by atoms with E-state index in [0.717, 1.165) is 0 Å². The van der Waals surface area contributed by atoms with Crippen LogP contribution in [0.4, 0.5) is 0 Å². The number of hydrogen-bond donors (Lipinski definition) is 1. The number of nitrogens with zero attached hydrogens (tertiary/aromatic N) is 1. The zero-order chi connectivity index (χ0) is 21.7. The Labute approximate surface area is 176 Å².